The van der Waals surface area contributed by atoms with Crippen molar-refractivity contribution >= 4 is 17.5 Å². The van der Waals surface area contributed by atoms with Crippen molar-refractivity contribution in [1.29, 1.82) is 0 Å². The summed E-state index contributed by atoms with van der Waals surface area (Å²) in [5.41, 5.74) is 0. The second-order valence-electron chi connectivity index (χ2n) is 4.27. The van der Waals surface area contributed by atoms with E-state index >= 15 is 0 Å². The van der Waals surface area contributed by atoms with Crippen molar-refractivity contribution in [3.8, 4) is 0 Å². The van der Waals surface area contributed by atoms with Crippen LogP contribution in [0.5, 0.6) is 0 Å². The Bertz CT molecular complexity index is 334. The van der Waals surface area contributed by atoms with E-state index < -0.39 is 0 Å². The summed E-state index contributed by atoms with van der Waals surface area (Å²) in [6.45, 7) is 2.17. The summed E-state index contributed by atoms with van der Waals surface area (Å²) in [5.74, 6) is 1.02. The summed E-state index contributed by atoms with van der Waals surface area (Å²) in [7, 11) is 0. The van der Waals surface area contributed by atoms with Gasteiger partial charge in [-0.1, -0.05) is 25.1 Å². The highest BCUT2D eigenvalue weighted by Gasteiger charge is 2.26. The molecule has 1 aromatic carbocycles. The van der Waals surface area contributed by atoms with Gasteiger partial charge >= 0.3 is 0 Å². The number of hydrogen-bond acceptors (Lipinski definition) is 2. The van der Waals surface area contributed by atoms with Crippen LogP contribution in [0.15, 0.2) is 35.2 Å². The zero-order valence-electron chi connectivity index (χ0n) is 8.98. The normalized spacial score (nSPS) is 26.6. The van der Waals surface area contributed by atoms with Crippen molar-refractivity contribution in [3.05, 3.63) is 30.3 Å². The third-order valence-electron chi connectivity index (χ3n) is 2.85. The molecule has 0 N–H and O–H groups in total. The van der Waals surface area contributed by atoms with Gasteiger partial charge in [-0.3, -0.25) is 4.79 Å². The van der Waals surface area contributed by atoms with Gasteiger partial charge in [0.1, 0.15) is 5.78 Å². The Hall–Kier alpha value is -0.760. The number of hydrogen-bond donors (Lipinski definition) is 0. The SMILES string of the molecule is C[C@@H]1CC[C@H](Sc2ccccc2)C(=O)C1. The van der Waals surface area contributed by atoms with Crippen molar-refractivity contribution in [2.24, 2.45) is 5.92 Å². The number of ketones is 1. The summed E-state index contributed by atoms with van der Waals surface area (Å²) in [6, 6.07) is 10.2. The average molecular weight is 220 g/mol. The molecule has 0 aliphatic heterocycles. The van der Waals surface area contributed by atoms with Crippen LogP contribution in [0.3, 0.4) is 0 Å². The van der Waals surface area contributed by atoms with Gasteiger partial charge in [0.15, 0.2) is 0 Å². The monoisotopic (exact) mass is 220 g/mol. The maximum Gasteiger partial charge on any atom is 0.146 e. The molecule has 1 aromatic rings. The second-order valence-corrected chi connectivity index (χ2v) is 5.55. The molecule has 0 radical (unpaired) electrons. The maximum atomic E-state index is 11.8. The van der Waals surface area contributed by atoms with Crippen LogP contribution >= 0.6 is 11.8 Å². The molecule has 15 heavy (non-hydrogen) atoms. The van der Waals surface area contributed by atoms with Crippen LogP contribution in [-0.4, -0.2) is 11.0 Å². The van der Waals surface area contributed by atoms with Gasteiger partial charge in [0, 0.05) is 11.3 Å². The van der Waals surface area contributed by atoms with E-state index in [-0.39, 0.29) is 5.25 Å². The van der Waals surface area contributed by atoms with Crippen molar-refractivity contribution in [3.63, 3.8) is 0 Å². The van der Waals surface area contributed by atoms with Gasteiger partial charge in [-0.2, -0.15) is 0 Å². The summed E-state index contributed by atoms with van der Waals surface area (Å²) in [6.07, 6.45) is 3.00. The van der Waals surface area contributed by atoms with E-state index in [4.69, 9.17) is 0 Å². The van der Waals surface area contributed by atoms with Gasteiger partial charge in [-0.15, -0.1) is 11.8 Å². The fraction of sp³-hybridized carbons (Fsp3) is 0.462. The summed E-state index contributed by atoms with van der Waals surface area (Å²) >= 11 is 1.73. The largest absolute Gasteiger partial charge is 0.298 e. The maximum absolute atomic E-state index is 11.8. The summed E-state index contributed by atoms with van der Waals surface area (Å²) in [4.78, 5) is 13.0. The van der Waals surface area contributed by atoms with Crippen molar-refractivity contribution in [1.82, 2.24) is 0 Å². The van der Waals surface area contributed by atoms with E-state index in [1.807, 2.05) is 18.2 Å². The molecule has 1 saturated carbocycles. The number of rotatable bonds is 2. The van der Waals surface area contributed by atoms with Gasteiger partial charge in [-0.05, 0) is 30.9 Å². The van der Waals surface area contributed by atoms with E-state index in [2.05, 4.69) is 19.1 Å². The smallest absolute Gasteiger partial charge is 0.146 e. The molecular formula is C13H16OS. The molecule has 1 aliphatic carbocycles. The molecule has 0 saturated heterocycles. The molecular weight excluding hydrogens is 204 g/mol. The number of benzene rings is 1. The van der Waals surface area contributed by atoms with Crippen LogP contribution in [0.1, 0.15) is 26.2 Å². The molecule has 1 nitrogen and oxygen atoms in total. The standard InChI is InChI=1S/C13H16OS/c1-10-7-8-13(12(14)9-10)15-11-5-3-2-4-6-11/h2-6,10,13H,7-9H2,1H3/t10-,13+/m1/s1. The lowest BCUT2D eigenvalue weighted by atomic mass is 9.89. The van der Waals surface area contributed by atoms with Crippen molar-refractivity contribution in [2.75, 3.05) is 0 Å². The van der Waals surface area contributed by atoms with E-state index in [0.717, 1.165) is 12.8 Å². The minimum Gasteiger partial charge on any atom is -0.298 e. The highest BCUT2D eigenvalue weighted by atomic mass is 32.2. The molecule has 1 fully saturated rings. The lowest BCUT2D eigenvalue weighted by Crippen LogP contribution is -2.25. The topological polar surface area (TPSA) is 17.1 Å². The fourth-order valence-electron chi connectivity index (χ4n) is 1.96. The molecule has 2 rings (SSSR count). The van der Waals surface area contributed by atoms with Crippen LogP contribution in [0.2, 0.25) is 0 Å². The first-order valence-corrected chi connectivity index (χ1v) is 6.38. The molecule has 80 valence electrons. The Morgan fingerprint density at radius 3 is 2.60 bits per heavy atom. The quantitative estimate of drug-likeness (QED) is 0.758. The van der Waals surface area contributed by atoms with Gasteiger partial charge in [0.25, 0.3) is 0 Å². The van der Waals surface area contributed by atoms with Crippen molar-refractivity contribution < 1.29 is 4.79 Å². The highest BCUT2D eigenvalue weighted by molar-refractivity contribution is 8.00. The number of carbonyl (C=O) groups is 1. The van der Waals surface area contributed by atoms with E-state index in [9.17, 15) is 4.79 Å². The van der Waals surface area contributed by atoms with E-state index in [1.54, 1.807) is 11.8 Å². The predicted octanol–water partition coefficient (Wildman–Crippen LogP) is 3.54. The Balaban J connectivity index is 1.98. The van der Waals surface area contributed by atoms with Crippen LogP contribution in [0.4, 0.5) is 0 Å². The predicted molar refractivity (Wildman–Crippen MR) is 64.1 cm³/mol. The minimum atomic E-state index is 0.198. The average Bonchev–Trinajstić information content (AvgIpc) is 2.24. The molecule has 1 aliphatic rings. The molecule has 0 heterocycles. The Morgan fingerprint density at radius 1 is 1.20 bits per heavy atom. The van der Waals surface area contributed by atoms with Crippen molar-refractivity contribution in [2.45, 2.75) is 36.3 Å². The number of carbonyl (C=O) groups excluding carboxylic acids is 1. The van der Waals surface area contributed by atoms with Crippen LogP contribution in [0, 0.1) is 5.92 Å². The molecule has 0 amide bonds. The first-order valence-electron chi connectivity index (χ1n) is 5.50. The zero-order valence-corrected chi connectivity index (χ0v) is 9.80. The molecule has 2 heteroatoms. The Morgan fingerprint density at radius 2 is 1.93 bits per heavy atom. The molecule has 0 aromatic heterocycles. The molecule has 0 unspecified atom stereocenters. The fourth-order valence-corrected chi connectivity index (χ4v) is 3.09. The molecule has 2 atom stereocenters. The van der Waals surface area contributed by atoms with Gasteiger partial charge in [0.2, 0.25) is 0 Å². The molecule has 0 bridgehead atoms. The lowest BCUT2D eigenvalue weighted by molar-refractivity contribution is -0.120. The first kappa shape index (κ1) is 10.7. The third-order valence-corrected chi connectivity index (χ3v) is 4.18. The van der Waals surface area contributed by atoms with E-state index in [0.29, 0.717) is 11.7 Å². The van der Waals surface area contributed by atoms with Crippen LogP contribution in [-0.2, 0) is 4.79 Å². The van der Waals surface area contributed by atoms with E-state index in [1.165, 1.54) is 11.3 Å². The Labute approximate surface area is 95.3 Å². The van der Waals surface area contributed by atoms with Crippen LogP contribution in [0.25, 0.3) is 0 Å². The summed E-state index contributed by atoms with van der Waals surface area (Å²) < 4.78 is 0. The minimum absolute atomic E-state index is 0.198. The Kier molecular flexibility index (Phi) is 3.47. The van der Waals surface area contributed by atoms with Gasteiger partial charge in [-0.25, -0.2) is 0 Å². The lowest BCUT2D eigenvalue weighted by Gasteiger charge is -2.24. The number of thioether (sulfide) groups is 1. The van der Waals surface area contributed by atoms with Gasteiger partial charge in [0.05, 0.1) is 5.25 Å². The number of Topliss-reactive ketones (excluding diaryl/α,β-unsaturated/α-hetero) is 1. The first-order chi connectivity index (χ1) is 7.25. The third kappa shape index (κ3) is 2.85. The highest BCUT2D eigenvalue weighted by Crippen LogP contribution is 2.33. The van der Waals surface area contributed by atoms with Crippen LogP contribution < -0.4 is 0 Å². The van der Waals surface area contributed by atoms with Gasteiger partial charge < -0.3 is 0 Å². The second kappa shape index (κ2) is 4.84. The zero-order chi connectivity index (χ0) is 10.7. The molecule has 0 spiro atoms. The summed E-state index contributed by atoms with van der Waals surface area (Å²) in [5, 5.41) is 0.198.